The molecule has 0 unspecified atom stereocenters. The fourth-order valence-electron chi connectivity index (χ4n) is 1.63. The molecule has 112 valence electrons. The molecule has 0 saturated heterocycles. The third-order valence-electron chi connectivity index (χ3n) is 2.65. The van der Waals surface area contributed by atoms with Gasteiger partial charge in [-0.25, -0.2) is 0 Å². The van der Waals surface area contributed by atoms with E-state index >= 15 is 0 Å². The first-order valence-corrected chi connectivity index (χ1v) is 5.90. The molecule has 2 rings (SSSR count). The van der Waals surface area contributed by atoms with Crippen molar-refractivity contribution < 1.29 is 27.2 Å². The van der Waals surface area contributed by atoms with Crippen LogP contribution in [0.1, 0.15) is 21.7 Å². The smallest absolute Gasteiger partial charge is 0.405 e. The molecular formula is C13H11F3N2O3. The summed E-state index contributed by atoms with van der Waals surface area (Å²) < 4.78 is 45.5. The third kappa shape index (κ3) is 3.98. The van der Waals surface area contributed by atoms with Crippen molar-refractivity contribution in [1.82, 2.24) is 10.5 Å². The van der Waals surface area contributed by atoms with Crippen LogP contribution in [0.15, 0.2) is 35.0 Å². The van der Waals surface area contributed by atoms with Gasteiger partial charge >= 0.3 is 6.36 Å². The van der Waals surface area contributed by atoms with Gasteiger partial charge in [-0.1, -0.05) is 17.3 Å². The maximum atomic E-state index is 12.3. The highest BCUT2D eigenvalue weighted by molar-refractivity contribution is 5.96. The van der Waals surface area contributed by atoms with Crippen LogP contribution < -0.4 is 10.1 Å². The van der Waals surface area contributed by atoms with E-state index in [0.717, 1.165) is 6.07 Å². The summed E-state index contributed by atoms with van der Waals surface area (Å²) in [5.74, 6) is -0.713. The van der Waals surface area contributed by atoms with Crippen molar-refractivity contribution >= 4 is 5.91 Å². The molecule has 0 aliphatic heterocycles. The van der Waals surface area contributed by atoms with E-state index in [9.17, 15) is 18.0 Å². The van der Waals surface area contributed by atoms with Gasteiger partial charge in [0.25, 0.3) is 5.91 Å². The van der Waals surface area contributed by atoms with Crippen molar-refractivity contribution in [3.05, 3.63) is 47.3 Å². The van der Waals surface area contributed by atoms with E-state index in [4.69, 9.17) is 4.52 Å². The van der Waals surface area contributed by atoms with Crippen molar-refractivity contribution in [3.8, 4) is 5.75 Å². The summed E-state index contributed by atoms with van der Waals surface area (Å²) in [7, 11) is 0. The first-order chi connectivity index (χ1) is 9.87. The summed E-state index contributed by atoms with van der Waals surface area (Å²) in [6, 6.07) is 5.12. The number of rotatable bonds is 4. The largest absolute Gasteiger partial charge is 0.573 e. The van der Waals surface area contributed by atoms with E-state index in [0.29, 0.717) is 11.3 Å². The Bertz CT molecular complexity index is 638. The number of carbonyl (C=O) groups is 1. The lowest BCUT2D eigenvalue weighted by molar-refractivity contribution is -0.274. The number of hydrogen-bond donors (Lipinski definition) is 1. The van der Waals surface area contributed by atoms with Gasteiger partial charge in [-0.2, -0.15) is 0 Å². The molecule has 1 aromatic heterocycles. The number of carbonyl (C=O) groups excluding carboxylic acids is 1. The minimum Gasteiger partial charge on any atom is -0.405 e. The minimum absolute atomic E-state index is 0.0918. The van der Waals surface area contributed by atoms with Crippen molar-refractivity contribution in [2.24, 2.45) is 0 Å². The lowest BCUT2D eigenvalue weighted by atomic mass is 10.2. The normalized spacial score (nSPS) is 11.2. The summed E-state index contributed by atoms with van der Waals surface area (Å²) in [6.07, 6.45) is -3.44. The van der Waals surface area contributed by atoms with Gasteiger partial charge in [0, 0.05) is 12.1 Å². The highest BCUT2D eigenvalue weighted by Crippen LogP contribution is 2.26. The Balaban J connectivity index is 2.10. The van der Waals surface area contributed by atoms with Gasteiger partial charge in [0.1, 0.15) is 11.5 Å². The van der Waals surface area contributed by atoms with Gasteiger partial charge in [-0.05, 0) is 19.1 Å². The number of alkyl halides is 3. The molecule has 1 heterocycles. The Labute approximate surface area is 117 Å². The van der Waals surface area contributed by atoms with Gasteiger partial charge in [0.2, 0.25) is 0 Å². The molecule has 2 aromatic rings. The molecule has 5 nitrogen and oxygen atoms in total. The second kappa shape index (κ2) is 5.86. The van der Waals surface area contributed by atoms with E-state index in [1.54, 1.807) is 6.92 Å². The molecule has 21 heavy (non-hydrogen) atoms. The topological polar surface area (TPSA) is 64.4 Å². The predicted octanol–water partition coefficient (Wildman–Crippen LogP) is 2.81. The van der Waals surface area contributed by atoms with Crippen molar-refractivity contribution in [2.75, 3.05) is 0 Å². The van der Waals surface area contributed by atoms with Crippen molar-refractivity contribution in [2.45, 2.75) is 19.8 Å². The van der Waals surface area contributed by atoms with Crippen LogP contribution in [0.25, 0.3) is 0 Å². The zero-order chi connectivity index (χ0) is 15.5. The number of nitrogens with one attached hydrogen (secondary N) is 1. The molecule has 0 radical (unpaired) electrons. The summed E-state index contributed by atoms with van der Waals surface area (Å²) >= 11 is 0. The Morgan fingerprint density at radius 3 is 2.71 bits per heavy atom. The van der Waals surface area contributed by atoms with Crippen molar-refractivity contribution in [1.29, 1.82) is 0 Å². The highest BCUT2D eigenvalue weighted by atomic mass is 19.4. The van der Waals surface area contributed by atoms with Gasteiger partial charge in [-0.15, -0.1) is 13.2 Å². The quantitative estimate of drug-likeness (QED) is 0.943. The monoisotopic (exact) mass is 300 g/mol. The fraction of sp³-hybridized carbons (Fsp3) is 0.231. The Kier molecular flexibility index (Phi) is 4.15. The van der Waals surface area contributed by atoms with Gasteiger partial charge < -0.3 is 14.6 Å². The Morgan fingerprint density at radius 2 is 2.10 bits per heavy atom. The van der Waals surface area contributed by atoms with Crippen molar-refractivity contribution in [3.63, 3.8) is 0 Å². The van der Waals surface area contributed by atoms with Crippen LogP contribution in [-0.4, -0.2) is 17.4 Å². The lowest BCUT2D eigenvalue weighted by Gasteiger charge is -2.12. The molecule has 1 amide bonds. The molecule has 0 aliphatic rings. The number of benzene rings is 1. The van der Waals surface area contributed by atoms with E-state index in [2.05, 4.69) is 15.2 Å². The van der Waals surface area contributed by atoms with Crippen LogP contribution in [0, 0.1) is 6.92 Å². The van der Waals surface area contributed by atoms with Gasteiger partial charge in [0.05, 0.1) is 11.8 Å². The maximum absolute atomic E-state index is 12.3. The van der Waals surface area contributed by atoms with Crippen LogP contribution >= 0.6 is 0 Å². The van der Waals surface area contributed by atoms with Gasteiger partial charge in [-0.3, -0.25) is 4.79 Å². The molecule has 0 saturated carbocycles. The number of para-hydroxylation sites is 1. The van der Waals surface area contributed by atoms with Crippen LogP contribution in [0.2, 0.25) is 0 Å². The molecular weight excluding hydrogens is 289 g/mol. The first-order valence-electron chi connectivity index (χ1n) is 5.90. The van der Waals surface area contributed by atoms with E-state index in [-0.39, 0.29) is 12.1 Å². The molecule has 0 fully saturated rings. The zero-order valence-electron chi connectivity index (χ0n) is 10.9. The fourth-order valence-corrected chi connectivity index (χ4v) is 1.63. The molecule has 0 spiro atoms. The molecule has 1 N–H and O–H groups in total. The summed E-state index contributed by atoms with van der Waals surface area (Å²) in [4.78, 5) is 11.9. The van der Waals surface area contributed by atoms with Crippen LogP contribution in [0.3, 0.4) is 0 Å². The number of nitrogens with zero attached hydrogens (tertiary/aromatic N) is 1. The minimum atomic E-state index is -4.86. The molecule has 8 heteroatoms. The highest BCUT2D eigenvalue weighted by Gasteiger charge is 2.32. The van der Waals surface area contributed by atoms with Crippen LogP contribution in [-0.2, 0) is 6.54 Å². The standard InChI is InChI=1S/C13H11F3N2O3/c1-8-9(7-18-21-8)6-17-12(19)10-4-2-3-5-11(10)20-13(14,15)16/h2-5,7H,6H2,1H3,(H,17,19). The maximum Gasteiger partial charge on any atom is 0.573 e. The van der Waals surface area contributed by atoms with E-state index in [1.807, 2.05) is 0 Å². The first kappa shape index (κ1) is 14.9. The molecule has 0 aliphatic carbocycles. The summed E-state index contributed by atoms with van der Waals surface area (Å²) in [6.45, 7) is 1.75. The molecule has 0 bridgehead atoms. The number of hydrogen-bond acceptors (Lipinski definition) is 4. The predicted molar refractivity (Wildman–Crippen MR) is 65.5 cm³/mol. The summed E-state index contributed by atoms with van der Waals surface area (Å²) in [5.41, 5.74) is 0.432. The average Bonchev–Trinajstić information content (AvgIpc) is 2.80. The SMILES string of the molecule is Cc1oncc1CNC(=O)c1ccccc1OC(F)(F)F. The molecule has 0 atom stereocenters. The molecule has 1 aromatic carbocycles. The Hall–Kier alpha value is -2.51. The zero-order valence-corrected chi connectivity index (χ0v) is 10.9. The number of amides is 1. The average molecular weight is 300 g/mol. The second-order valence-corrected chi connectivity index (χ2v) is 4.13. The number of halogens is 3. The van der Waals surface area contributed by atoms with Crippen LogP contribution in [0.5, 0.6) is 5.75 Å². The number of aromatic nitrogens is 1. The Morgan fingerprint density at radius 1 is 1.38 bits per heavy atom. The van der Waals surface area contributed by atoms with Crippen LogP contribution in [0.4, 0.5) is 13.2 Å². The third-order valence-corrected chi connectivity index (χ3v) is 2.65. The second-order valence-electron chi connectivity index (χ2n) is 4.13. The van der Waals surface area contributed by atoms with Gasteiger partial charge in [0.15, 0.2) is 0 Å². The van der Waals surface area contributed by atoms with E-state index < -0.39 is 18.0 Å². The lowest BCUT2D eigenvalue weighted by Crippen LogP contribution is -2.25. The van der Waals surface area contributed by atoms with E-state index in [1.165, 1.54) is 24.4 Å². The number of ether oxygens (including phenoxy) is 1. The number of aryl methyl sites for hydroxylation is 1. The summed E-state index contributed by atoms with van der Waals surface area (Å²) in [5, 5.41) is 6.02.